The van der Waals surface area contributed by atoms with Crippen molar-refractivity contribution in [2.45, 2.75) is 0 Å². The SMILES string of the molecule is COc1ccc(/C=C2\C(=O)NN(c3ccccc3)C2=O)cc1OC. The third kappa shape index (κ3) is 2.81. The second-order valence-electron chi connectivity index (χ2n) is 5.09. The summed E-state index contributed by atoms with van der Waals surface area (Å²) < 4.78 is 10.4. The van der Waals surface area contributed by atoms with Crippen molar-refractivity contribution in [1.29, 1.82) is 0 Å². The van der Waals surface area contributed by atoms with Gasteiger partial charge in [-0.05, 0) is 35.9 Å². The summed E-state index contributed by atoms with van der Waals surface area (Å²) in [7, 11) is 3.07. The van der Waals surface area contributed by atoms with Gasteiger partial charge in [-0.25, -0.2) is 5.01 Å². The van der Waals surface area contributed by atoms with Gasteiger partial charge in [0.1, 0.15) is 5.57 Å². The Bertz CT molecular complexity index is 815. The number of ether oxygens (including phenoxy) is 2. The van der Waals surface area contributed by atoms with Gasteiger partial charge in [-0.1, -0.05) is 24.3 Å². The Kier molecular flexibility index (Phi) is 4.20. The van der Waals surface area contributed by atoms with Crippen LogP contribution >= 0.6 is 0 Å². The molecule has 0 unspecified atom stereocenters. The summed E-state index contributed by atoms with van der Waals surface area (Å²) in [5, 5.41) is 1.23. The number of amides is 2. The number of benzene rings is 2. The number of anilines is 1. The van der Waals surface area contributed by atoms with E-state index in [1.54, 1.807) is 49.6 Å². The van der Waals surface area contributed by atoms with Crippen LogP contribution in [0.4, 0.5) is 5.69 Å². The van der Waals surface area contributed by atoms with E-state index in [1.165, 1.54) is 18.2 Å². The van der Waals surface area contributed by atoms with E-state index in [1.807, 2.05) is 6.07 Å². The normalized spacial score (nSPS) is 15.6. The molecular weight excluding hydrogens is 308 g/mol. The topological polar surface area (TPSA) is 67.9 Å². The number of nitrogens with one attached hydrogen (secondary N) is 1. The van der Waals surface area contributed by atoms with Crippen LogP contribution in [0.15, 0.2) is 54.1 Å². The summed E-state index contributed by atoms with van der Waals surface area (Å²) in [5.41, 5.74) is 3.89. The molecule has 0 spiro atoms. The van der Waals surface area contributed by atoms with E-state index in [0.717, 1.165) is 0 Å². The van der Waals surface area contributed by atoms with Crippen molar-refractivity contribution in [3.05, 3.63) is 59.7 Å². The number of para-hydroxylation sites is 1. The van der Waals surface area contributed by atoms with Crippen LogP contribution in [0.25, 0.3) is 6.08 Å². The minimum Gasteiger partial charge on any atom is -0.493 e. The van der Waals surface area contributed by atoms with Gasteiger partial charge < -0.3 is 9.47 Å². The highest BCUT2D eigenvalue weighted by molar-refractivity contribution is 6.31. The lowest BCUT2D eigenvalue weighted by atomic mass is 10.1. The van der Waals surface area contributed by atoms with Crippen LogP contribution < -0.4 is 19.9 Å². The standard InChI is InChI=1S/C18H16N2O4/c1-23-15-9-8-12(11-16(15)24-2)10-14-17(21)19-20(18(14)22)13-6-4-3-5-7-13/h3-11H,1-2H3,(H,19,21)/b14-10+. The van der Waals surface area contributed by atoms with E-state index in [9.17, 15) is 9.59 Å². The van der Waals surface area contributed by atoms with Crippen molar-refractivity contribution in [3.8, 4) is 11.5 Å². The molecule has 1 fully saturated rings. The van der Waals surface area contributed by atoms with Gasteiger partial charge in [0.15, 0.2) is 11.5 Å². The van der Waals surface area contributed by atoms with Crippen molar-refractivity contribution in [3.63, 3.8) is 0 Å². The van der Waals surface area contributed by atoms with Crippen molar-refractivity contribution < 1.29 is 19.1 Å². The zero-order chi connectivity index (χ0) is 17.1. The molecule has 1 saturated heterocycles. The first-order valence-corrected chi connectivity index (χ1v) is 7.28. The molecule has 2 aromatic carbocycles. The lowest BCUT2D eigenvalue weighted by Gasteiger charge is -2.13. The number of hydrazine groups is 1. The molecule has 0 radical (unpaired) electrons. The molecule has 0 saturated carbocycles. The molecule has 0 aliphatic carbocycles. The van der Waals surface area contributed by atoms with Gasteiger partial charge in [0, 0.05) is 0 Å². The molecule has 6 heteroatoms. The summed E-state index contributed by atoms with van der Waals surface area (Å²) in [4.78, 5) is 24.7. The highest BCUT2D eigenvalue weighted by Gasteiger charge is 2.34. The van der Waals surface area contributed by atoms with E-state index in [-0.39, 0.29) is 5.57 Å². The van der Waals surface area contributed by atoms with Crippen LogP contribution in [-0.4, -0.2) is 26.0 Å². The van der Waals surface area contributed by atoms with Gasteiger partial charge in [0.25, 0.3) is 11.8 Å². The maximum atomic E-state index is 12.5. The molecule has 0 bridgehead atoms. The van der Waals surface area contributed by atoms with Crippen molar-refractivity contribution in [2.75, 3.05) is 19.2 Å². The summed E-state index contributed by atoms with van der Waals surface area (Å²) in [6.45, 7) is 0. The Morgan fingerprint density at radius 3 is 2.33 bits per heavy atom. The van der Waals surface area contributed by atoms with Crippen LogP contribution in [0.1, 0.15) is 5.56 Å². The number of methoxy groups -OCH3 is 2. The monoisotopic (exact) mass is 324 g/mol. The third-order valence-corrected chi connectivity index (χ3v) is 3.62. The van der Waals surface area contributed by atoms with E-state index in [2.05, 4.69) is 5.43 Å². The Morgan fingerprint density at radius 2 is 1.67 bits per heavy atom. The van der Waals surface area contributed by atoms with E-state index < -0.39 is 11.8 Å². The smallest absolute Gasteiger partial charge is 0.282 e. The predicted octanol–water partition coefficient (Wildman–Crippen LogP) is 2.17. The highest BCUT2D eigenvalue weighted by Crippen LogP contribution is 2.29. The molecule has 0 atom stereocenters. The molecule has 3 rings (SSSR count). The number of carbonyl (C=O) groups excluding carboxylic acids is 2. The molecule has 122 valence electrons. The first-order valence-electron chi connectivity index (χ1n) is 7.28. The van der Waals surface area contributed by atoms with Crippen molar-refractivity contribution >= 4 is 23.6 Å². The minimum absolute atomic E-state index is 0.0612. The average molecular weight is 324 g/mol. The summed E-state index contributed by atoms with van der Waals surface area (Å²) in [6.07, 6.45) is 1.53. The molecule has 24 heavy (non-hydrogen) atoms. The summed E-state index contributed by atoms with van der Waals surface area (Å²) in [5.74, 6) is 0.255. The lowest BCUT2D eigenvalue weighted by molar-refractivity contribution is -0.117. The highest BCUT2D eigenvalue weighted by atomic mass is 16.5. The maximum absolute atomic E-state index is 12.5. The first kappa shape index (κ1) is 15.6. The van der Waals surface area contributed by atoms with Crippen LogP contribution in [0.3, 0.4) is 0 Å². The number of hydrogen-bond donors (Lipinski definition) is 1. The average Bonchev–Trinajstić information content (AvgIpc) is 2.90. The first-order chi connectivity index (χ1) is 11.6. The molecule has 2 aromatic rings. The number of nitrogens with zero attached hydrogens (tertiary/aromatic N) is 1. The fraction of sp³-hybridized carbons (Fsp3) is 0.111. The van der Waals surface area contributed by atoms with E-state index >= 15 is 0 Å². The number of hydrogen-bond acceptors (Lipinski definition) is 4. The zero-order valence-electron chi connectivity index (χ0n) is 13.3. The largest absolute Gasteiger partial charge is 0.493 e. The van der Waals surface area contributed by atoms with Gasteiger partial charge in [0.2, 0.25) is 0 Å². The molecule has 1 heterocycles. The lowest BCUT2D eigenvalue weighted by Crippen LogP contribution is -2.35. The maximum Gasteiger partial charge on any atom is 0.282 e. The minimum atomic E-state index is -0.446. The van der Waals surface area contributed by atoms with Gasteiger partial charge in [-0.15, -0.1) is 0 Å². The molecule has 1 aliphatic heterocycles. The van der Waals surface area contributed by atoms with Gasteiger partial charge in [-0.3, -0.25) is 15.0 Å². The molecule has 6 nitrogen and oxygen atoms in total. The van der Waals surface area contributed by atoms with Crippen molar-refractivity contribution in [2.24, 2.45) is 0 Å². The van der Waals surface area contributed by atoms with Crippen molar-refractivity contribution in [1.82, 2.24) is 5.43 Å². The van der Waals surface area contributed by atoms with E-state index in [0.29, 0.717) is 22.7 Å². The number of rotatable bonds is 4. The third-order valence-electron chi connectivity index (χ3n) is 3.62. The molecule has 0 aromatic heterocycles. The Hall–Kier alpha value is -3.28. The molecular formula is C18H16N2O4. The predicted molar refractivity (Wildman–Crippen MR) is 89.6 cm³/mol. The quantitative estimate of drug-likeness (QED) is 0.691. The number of carbonyl (C=O) groups is 2. The van der Waals surface area contributed by atoms with Crippen LogP contribution in [0.2, 0.25) is 0 Å². The molecule has 2 amide bonds. The van der Waals surface area contributed by atoms with Crippen LogP contribution in [0, 0.1) is 0 Å². The second kappa shape index (κ2) is 6.45. The van der Waals surface area contributed by atoms with Crippen LogP contribution in [0.5, 0.6) is 11.5 Å². The molecule has 1 N–H and O–H groups in total. The fourth-order valence-electron chi connectivity index (χ4n) is 2.43. The fourth-order valence-corrected chi connectivity index (χ4v) is 2.43. The molecule has 1 aliphatic rings. The van der Waals surface area contributed by atoms with Gasteiger partial charge >= 0.3 is 0 Å². The van der Waals surface area contributed by atoms with Gasteiger partial charge in [-0.2, -0.15) is 0 Å². The Balaban J connectivity index is 1.93. The Labute approximate surface area is 139 Å². The zero-order valence-corrected chi connectivity index (χ0v) is 13.3. The summed E-state index contributed by atoms with van der Waals surface area (Å²) in [6, 6.07) is 14.1. The van der Waals surface area contributed by atoms with E-state index in [4.69, 9.17) is 9.47 Å². The summed E-state index contributed by atoms with van der Waals surface area (Å²) >= 11 is 0. The van der Waals surface area contributed by atoms with Crippen LogP contribution in [-0.2, 0) is 9.59 Å². The second-order valence-corrected chi connectivity index (χ2v) is 5.09. The Morgan fingerprint density at radius 1 is 0.958 bits per heavy atom. The van der Waals surface area contributed by atoms with Gasteiger partial charge in [0.05, 0.1) is 19.9 Å².